The van der Waals surface area contributed by atoms with E-state index in [1.54, 1.807) is 0 Å². The lowest BCUT2D eigenvalue weighted by Gasteiger charge is -2.23. The summed E-state index contributed by atoms with van der Waals surface area (Å²) in [5.74, 6) is 0.916. The highest BCUT2D eigenvalue weighted by molar-refractivity contribution is 5.62. The van der Waals surface area contributed by atoms with Gasteiger partial charge in [0.2, 0.25) is 0 Å². The van der Waals surface area contributed by atoms with Gasteiger partial charge in [0.15, 0.2) is 0 Å². The minimum Gasteiger partial charge on any atom is -0.490 e. The molecule has 0 N–H and O–H groups in total. The Bertz CT molecular complexity index is 367. The van der Waals surface area contributed by atoms with Crippen molar-refractivity contribution in [3.8, 4) is 5.75 Å². The molecule has 0 saturated carbocycles. The topological polar surface area (TPSA) is 12.5 Å². The summed E-state index contributed by atoms with van der Waals surface area (Å²) in [6, 6.07) is 6.29. The SMILES string of the molecule is C=Cc1ccc(N(CC)CC)cc1OC(C)C. The highest BCUT2D eigenvalue weighted by Crippen LogP contribution is 2.27. The van der Waals surface area contributed by atoms with E-state index < -0.39 is 0 Å². The third kappa shape index (κ3) is 3.52. The van der Waals surface area contributed by atoms with Gasteiger partial charge in [-0.2, -0.15) is 0 Å². The summed E-state index contributed by atoms with van der Waals surface area (Å²) in [7, 11) is 0. The van der Waals surface area contributed by atoms with Crippen molar-refractivity contribution in [1.29, 1.82) is 0 Å². The summed E-state index contributed by atoms with van der Waals surface area (Å²) in [4.78, 5) is 2.31. The van der Waals surface area contributed by atoms with Crippen molar-refractivity contribution in [1.82, 2.24) is 0 Å². The van der Waals surface area contributed by atoms with Crippen LogP contribution >= 0.6 is 0 Å². The average Bonchev–Trinajstić information content (AvgIpc) is 2.30. The van der Waals surface area contributed by atoms with E-state index in [4.69, 9.17) is 4.74 Å². The number of hydrogen-bond acceptors (Lipinski definition) is 2. The fourth-order valence-corrected chi connectivity index (χ4v) is 1.83. The van der Waals surface area contributed by atoms with Gasteiger partial charge < -0.3 is 9.64 Å². The van der Waals surface area contributed by atoms with Crippen LogP contribution in [0.1, 0.15) is 33.3 Å². The van der Waals surface area contributed by atoms with E-state index in [1.165, 1.54) is 5.69 Å². The van der Waals surface area contributed by atoms with E-state index in [2.05, 4.69) is 43.5 Å². The third-order valence-corrected chi connectivity index (χ3v) is 2.71. The second-order valence-electron chi connectivity index (χ2n) is 4.27. The largest absolute Gasteiger partial charge is 0.490 e. The molecule has 2 nitrogen and oxygen atoms in total. The van der Waals surface area contributed by atoms with Crippen LogP contribution in [0.5, 0.6) is 5.75 Å². The molecule has 0 fully saturated rings. The Hall–Kier alpha value is -1.44. The molecule has 0 aromatic heterocycles. The van der Waals surface area contributed by atoms with Gasteiger partial charge in [-0.1, -0.05) is 12.7 Å². The number of benzene rings is 1. The van der Waals surface area contributed by atoms with Gasteiger partial charge in [0.05, 0.1) is 6.10 Å². The lowest BCUT2D eigenvalue weighted by atomic mass is 10.1. The van der Waals surface area contributed by atoms with Crippen molar-refractivity contribution in [2.75, 3.05) is 18.0 Å². The summed E-state index contributed by atoms with van der Waals surface area (Å²) in [5.41, 5.74) is 2.26. The fourth-order valence-electron chi connectivity index (χ4n) is 1.83. The van der Waals surface area contributed by atoms with Crippen LogP contribution in [-0.4, -0.2) is 19.2 Å². The summed E-state index contributed by atoms with van der Waals surface area (Å²) in [5, 5.41) is 0. The number of anilines is 1. The molecule has 0 unspecified atom stereocenters. The van der Waals surface area contributed by atoms with Crippen LogP contribution < -0.4 is 9.64 Å². The molecular weight excluding hydrogens is 210 g/mol. The van der Waals surface area contributed by atoms with E-state index in [0.29, 0.717) is 0 Å². The number of nitrogens with zero attached hydrogens (tertiary/aromatic N) is 1. The van der Waals surface area contributed by atoms with Crippen LogP contribution in [0.15, 0.2) is 24.8 Å². The van der Waals surface area contributed by atoms with E-state index in [1.807, 2.05) is 19.9 Å². The normalized spacial score (nSPS) is 10.4. The minimum absolute atomic E-state index is 0.181. The van der Waals surface area contributed by atoms with E-state index in [0.717, 1.165) is 24.4 Å². The maximum atomic E-state index is 5.82. The molecule has 0 amide bonds. The molecule has 0 spiro atoms. The molecule has 17 heavy (non-hydrogen) atoms. The highest BCUT2D eigenvalue weighted by atomic mass is 16.5. The molecule has 1 rings (SSSR count). The van der Waals surface area contributed by atoms with Gasteiger partial charge in [-0.3, -0.25) is 0 Å². The summed E-state index contributed by atoms with van der Waals surface area (Å²) < 4.78 is 5.82. The molecule has 1 aromatic rings. The first kappa shape index (κ1) is 13.6. The predicted molar refractivity (Wildman–Crippen MR) is 75.9 cm³/mol. The highest BCUT2D eigenvalue weighted by Gasteiger charge is 2.08. The van der Waals surface area contributed by atoms with Crippen LogP contribution in [0.4, 0.5) is 5.69 Å². The van der Waals surface area contributed by atoms with Crippen LogP contribution in [0, 0.1) is 0 Å². The fraction of sp³-hybridized carbons (Fsp3) is 0.467. The van der Waals surface area contributed by atoms with Crippen molar-refractivity contribution in [2.24, 2.45) is 0 Å². The van der Waals surface area contributed by atoms with Gasteiger partial charge in [-0.15, -0.1) is 0 Å². The number of hydrogen-bond donors (Lipinski definition) is 0. The van der Waals surface area contributed by atoms with Crippen LogP contribution in [0.3, 0.4) is 0 Å². The van der Waals surface area contributed by atoms with Gasteiger partial charge in [0.25, 0.3) is 0 Å². The zero-order chi connectivity index (χ0) is 12.8. The van der Waals surface area contributed by atoms with Crippen molar-refractivity contribution in [3.63, 3.8) is 0 Å². The molecular formula is C15H23NO. The van der Waals surface area contributed by atoms with Gasteiger partial charge in [0.1, 0.15) is 5.75 Å². The Balaban J connectivity index is 3.07. The average molecular weight is 233 g/mol. The second-order valence-corrected chi connectivity index (χ2v) is 4.27. The molecule has 0 saturated heterocycles. The van der Waals surface area contributed by atoms with Crippen LogP contribution in [0.25, 0.3) is 6.08 Å². The van der Waals surface area contributed by atoms with Gasteiger partial charge in [0, 0.05) is 30.4 Å². The Morgan fingerprint density at radius 2 is 1.94 bits per heavy atom. The molecule has 0 aliphatic rings. The first-order valence-electron chi connectivity index (χ1n) is 6.30. The Morgan fingerprint density at radius 1 is 1.29 bits per heavy atom. The third-order valence-electron chi connectivity index (χ3n) is 2.71. The van der Waals surface area contributed by atoms with Crippen molar-refractivity contribution in [3.05, 3.63) is 30.3 Å². The zero-order valence-corrected chi connectivity index (χ0v) is 11.4. The van der Waals surface area contributed by atoms with Gasteiger partial charge in [-0.05, 0) is 39.8 Å². The summed E-state index contributed by atoms with van der Waals surface area (Å²) in [6.45, 7) is 14.2. The molecule has 0 bridgehead atoms. The molecule has 1 aromatic carbocycles. The maximum Gasteiger partial charge on any atom is 0.128 e. The van der Waals surface area contributed by atoms with Gasteiger partial charge in [-0.25, -0.2) is 0 Å². The summed E-state index contributed by atoms with van der Waals surface area (Å²) >= 11 is 0. The van der Waals surface area contributed by atoms with Crippen molar-refractivity contribution in [2.45, 2.75) is 33.8 Å². The van der Waals surface area contributed by atoms with E-state index >= 15 is 0 Å². The summed E-state index contributed by atoms with van der Waals surface area (Å²) in [6.07, 6.45) is 2.02. The standard InChI is InChI=1S/C15H23NO/c1-6-13-9-10-14(16(7-2)8-3)11-15(13)17-12(4)5/h6,9-12H,1,7-8H2,2-5H3. The molecule has 0 atom stereocenters. The molecule has 0 aliphatic carbocycles. The lowest BCUT2D eigenvalue weighted by Crippen LogP contribution is -2.21. The predicted octanol–water partition coefficient (Wildman–Crippen LogP) is 3.96. The lowest BCUT2D eigenvalue weighted by molar-refractivity contribution is 0.242. The Morgan fingerprint density at radius 3 is 2.41 bits per heavy atom. The monoisotopic (exact) mass is 233 g/mol. The molecule has 0 heterocycles. The first-order valence-corrected chi connectivity index (χ1v) is 6.30. The molecule has 94 valence electrons. The second kappa shape index (κ2) is 6.33. The molecule has 2 heteroatoms. The minimum atomic E-state index is 0.181. The van der Waals surface area contributed by atoms with Crippen LogP contribution in [0.2, 0.25) is 0 Å². The number of ether oxygens (including phenoxy) is 1. The smallest absolute Gasteiger partial charge is 0.128 e. The van der Waals surface area contributed by atoms with Crippen molar-refractivity contribution >= 4 is 11.8 Å². The molecule has 0 radical (unpaired) electrons. The van der Waals surface area contributed by atoms with Crippen molar-refractivity contribution < 1.29 is 4.74 Å². The van der Waals surface area contributed by atoms with E-state index in [9.17, 15) is 0 Å². The van der Waals surface area contributed by atoms with Crippen LogP contribution in [-0.2, 0) is 0 Å². The molecule has 0 aliphatic heterocycles. The van der Waals surface area contributed by atoms with E-state index in [-0.39, 0.29) is 6.10 Å². The zero-order valence-electron chi connectivity index (χ0n) is 11.4. The maximum absolute atomic E-state index is 5.82. The Kier molecular flexibility index (Phi) is 5.08. The quantitative estimate of drug-likeness (QED) is 0.737. The number of rotatable bonds is 6. The van der Waals surface area contributed by atoms with Gasteiger partial charge >= 0.3 is 0 Å². The Labute approximate surface area is 105 Å². The first-order chi connectivity index (χ1) is 8.12.